The Labute approximate surface area is 135 Å². The molecule has 0 aromatic heterocycles. The van der Waals surface area contributed by atoms with Crippen molar-refractivity contribution in [3.63, 3.8) is 0 Å². The molecule has 4 heterocycles. The summed E-state index contributed by atoms with van der Waals surface area (Å²) >= 11 is 0. The molecule has 5 atom stereocenters. The molecule has 0 saturated carbocycles. The Kier molecular flexibility index (Phi) is 3.50. The van der Waals surface area contributed by atoms with Crippen molar-refractivity contribution in [2.75, 3.05) is 19.7 Å². The van der Waals surface area contributed by atoms with Crippen molar-refractivity contribution in [1.82, 2.24) is 4.90 Å². The van der Waals surface area contributed by atoms with Crippen molar-refractivity contribution >= 4 is 11.9 Å². The van der Waals surface area contributed by atoms with Gasteiger partial charge in [0.25, 0.3) is 0 Å². The lowest BCUT2D eigenvalue weighted by Crippen LogP contribution is -2.41. The summed E-state index contributed by atoms with van der Waals surface area (Å²) in [6.07, 6.45) is 5.49. The van der Waals surface area contributed by atoms with Gasteiger partial charge >= 0.3 is 5.97 Å². The van der Waals surface area contributed by atoms with Gasteiger partial charge in [-0.1, -0.05) is 12.2 Å². The highest BCUT2D eigenvalue weighted by molar-refractivity contribution is 5.91. The Hall–Kier alpha value is -1.40. The number of ether oxygens (including phenoxy) is 3. The Morgan fingerprint density at radius 1 is 1.52 bits per heavy atom. The molecule has 1 spiro atoms. The fraction of sp³-hybridized carbons (Fsp3) is 0.765. The molecule has 0 radical (unpaired) electrons. The average Bonchev–Trinajstić information content (AvgIpc) is 3.21. The Bertz CT molecular complexity index is 553. The maximum atomic E-state index is 12.9. The van der Waals surface area contributed by atoms with E-state index in [0.717, 1.165) is 19.4 Å². The van der Waals surface area contributed by atoms with Crippen LogP contribution in [0.2, 0.25) is 0 Å². The van der Waals surface area contributed by atoms with Gasteiger partial charge < -0.3 is 19.1 Å². The summed E-state index contributed by atoms with van der Waals surface area (Å²) in [5, 5.41) is 0. The van der Waals surface area contributed by atoms with Crippen LogP contribution in [0.1, 0.15) is 26.7 Å². The topological polar surface area (TPSA) is 65.1 Å². The maximum absolute atomic E-state index is 12.9. The largest absolute Gasteiger partial charge is 0.463 e. The van der Waals surface area contributed by atoms with Gasteiger partial charge in [0.05, 0.1) is 30.8 Å². The Balaban J connectivity index is 1.54. The highest BCUT2D eigenvalue weighted by atomic mass is 16.6. The minimum atomic E-state index is -0.652. The molecule has 3 saturated heterocycles. The second-order valence-electron chi connectivity index (χ2n) is 7.24. The molecule has 0 aliphatic carbocycles. The van der Waals surface area contributed by atoms with Crippen LogP contribution in [-0.4, -0.2) is 60.4 Å². The van der Waals surface area contributed by atoms with Crippen LogP contribution in [0.3, 0.4) is 0 Å². The number of rotatable bonds is 4. The molecule has 4 aliphatic heterocycles. The zero-order valence-corrected chi connectivity index (χ0v) is 13.6. The summed E-state index contributed by atoms with van der Waals surface area (Å²) in [7, 11) is 0. The third-order valence-corrected chi connectivity index (χ3v) is 5.25. The first-order valence-corrected chi connectivity index (χ1v) is 8.48. The molecule has 2 bridgehead atoms. The van der Waals surface area contributed by atoms with E-state index in [9.17, 15) is 9.59 Å². The molecule has 1 amide bonds. The molecule has 126 valence electrons. The molecule has 0 unspecified atom stereocenters. The molecule has 4 rings (SSSR count). The van der Waals surface area contributed by atoms with Crippen LogP contribution < -0.4 is 0 Å². The molecular weight excluding hydrogens is 298 g/mol. The summed E-state index contributed by atoms with van der Waals surface area (Å²) in [4.78, 5) is 27.2. The van der Waals surface area contributed by atoms with Gasteiger partial charge in [-0.15, -0.1) is 0 Å². The van der Waals surface area contributed by atoms with Gasteiger partial charge in [0.15, 0.2) is 0 Å². The van der Waals surface area contributed by atoms with E-state index in [1.165, 1.54) is 0 Å². The number of fused-ring (bicyclic) bond motifs is 1. The summed E-state index contributed by atoms with van der Waals surface area (Å²) in [5.41, 5.74) is -0.652. The van der Waals surface area contributed by atoms with Crippen molar-refractivity contribution < 1.29 is 23.8 Å². The fourth-order valence-corrected chi connectivity index (χ4v) is 4.35. The van der Waals surface area contributed by atoms with Crippen LogP contribution in [0.15, 0.2) is 12.2 Å². The van der Waals surface area contributed by atoms with E-state index in [1.807, 2.05) is 30.9 Å². The third kappa shape index (κ3) is 2.31. The second kappa shape index (κ2) is 5.31. The van der Waals surface area contributed by atoms with E-state index in [4.69, 9.17) is 14.2 Å². The second-order valence-corrected chi connectivity index (χ2v) is 7.24. The third-order valence-electron chi connectivity index (χ3n) is 5.25. The molecule has 4 aliphatic rings. The number of amides is 1. The van der Waals surface area contributed by atoms with Crippen LogP contribution in [0.4, 0.5) is 0 Å². The van der Waals surface area contributed by atoms with Gasteiger partial charge in [-0.3, -0.25) is 9.59 Å². The van der Waals surface area contributed by atoms with E-state index in [2.05, 4.69) is 0 Å². The number of nitrogens with zero attached hydrogens (tertiary/aromatic N) is 1. The maximum Gasteiger partial charge on any atom is 0.313 e. The predicted octanol–water partition coefficient (Wildman–Crippen LogP) is 0.899. The van der Waals surface area contributed by atoms with Gasteiger partial charge in [-0.2, -0.15) is 0 Å². The van der Waals surface area contributed by atoms with E-state index < -0.39 is 17.4 Å². The van der Waals surface area contributed by atoms with E-state index in [-0.39, 0.29) is 30.2 Å². The number of carbonyl (C=O) groups excluding carboxylic acids is 2. The zero-order valence-electron chi connectivity index (χ0n) is 13.6. The first-order chi connectivity index (χ1) is 11.0. The van der Waals surface area contributed by atoms with Crippen molar-refractivity contribution in [2.24, 2.45) is 11.8 Å². The van der Waals surface area contributed by atoms with Gasteiger partial charge in [-0.05, 0) is 26.7 Å². The van der Waals surface area contributed by atoms with Gasteiger partial charge in [0.2, 0.25) is 5.91 Å². The smallest absolute Gasteiger partial charge is 0.313 e. The molecule has 3 fully saturated rings. The van der Waals surface area contributed by atoms with E-state index in [1.54, 1.807) is 0 Å². The highest BCUT2D eigenvalue weighted by Gasteiger charge is 2.67. The predicted molar refractivity (Wildman–Crippen MR) is 80.5 cm³/mol. The molecular formula is C17H23NO5. The number of likely N-dealkylation sites (tertiary alicyclic amines) is 1. The minimum Gasteiger partial charge on any atom is -0.463 e. The number of hydrogen-bond acceptors (Lipinski definition) is 5. The van der Waals surface area contributed by atoms with Gasteiger partial charge in [-0.25, -0.2) is 0 Å². The standard InChI is InChI=1S/C17H23NO5/c1-10(2)22-16(20)13-12-5-6-17(23-12)9-18(15(19)14(13)17)8-11-4-3-7-21-11/h5-6,10-14H,3-4,7-9H2,1-2H3/t11-,12+,13+,14+,17-/m1/s1. The zero-order chi connectivity index (χ0) is 16.2. The lowest BCUT2D eigenvalue weighted by Gasteiger charge is -2.24. The fourth-order valence-electron chi connectivity index (χ4n) is 4.35. The van der Waals surface area contributed by atoms with Crippen LogP contribution >= 0.6 is 0 Å². The van der Waals surface area contributed by atoms with Crippen LogP contribution in [0, 0.1) is 11.8 Å². The normalized spacial score (nSPS) is 41.2. The Morgan fingerprint density at radius 3 is 3.04 bits per heavy atom. The molecule has 6 heteroatoms. The van der Waals surface area contributed by atoms with Crippen LogP contribution in [0.25, 0.3) is 0 Å². The van der Waals surface area contributed by atoms with Crippen molar-refractivity contribution in [2.45, 2.75) is 50.6 Å². The lowest BCUT2D eigenvalue weighted by atomic mass is 9.77. The Morgan fingerprint density at radius 2 is 2.35 bits per heavy atom. The van der Waals surface area contributed by atoms with Gasteiger partial charge in [0.1, 0.15) is 11.5 Å². The van der Waals surface area contributed by atoms with Crippen LogP contribution in [0.5, 0.6) is 0 Å². The summed E-state index contributed by atoms with van der Waals surface area (Å²) in [6.45, 7) is 5.50. The SMILES string of the molecule is CC(C)OC(=O)[C@H]1[C@@H]2C=C[C@]3(CN(C[C@H]4CCCO4)C(=O)[C@H]13)O2. The number of esters is 1. The van der Waals surface area contributed by atoms with E-state index >= 15 is 0 Å². The van der Waals surface area contributed by atoms with Crippen molar-refractivity contribution in [1.29, 1.82) is 0 Å². The first kappa shape index (κ1) is 15.1. The number of carbonyl (C=O) groups is 2. The molecule has 0 aromatic rings. The van der Waals surface area contributed by atoms with Crippen molar-refractivity contribution in [3.8, 4) is 0 Å². The van der Waals surface area contributed by atoms with Gasteiger partial charge in [0, 0.05) is 13.2 Å². The lowest BCUT2D eigenvalue weighted by molar-refractivity contribution is -0.157. The minimum absolute atomic E-state index is 0.00180. The monoisotopic (exact) mass is 321 g/mol. The van der Waals surface area contributed by atoms with Crippen LogP contribution in [-0.2, 0) is 23.8 Å². The summed E-state index contributed by atoms with van der Waals surface area (Å²) in [5.74, 6) is -1.30. The molecule has 23 heavy (non-hydrogen) atoms. The molecule has 0 N–H and O–H groups in total. The molecule has 0 aromatic carbocycles. The van der Waals surface area contributed by atoms with Crippen molar-refractivity contribution in [3.05, 3.63) is 12.2 Å². The summed E-state index contributed by atoms with van der Waals surface area (Å²) < 4.78 is 17.1. The highest BCUT2D eigenvalue weighted by Crippen LogP contribution is 2.52. The quantitative estimate of drug-likeness (QED) is 0.568. The average molecular weight is 321 g/mol. The summed E-state index contributed by atoms with van der Waals surface area (Å²) in [6, 6.07) is 0. The van der Waals surface area contributed by atoms with E-state index in [0.29, 0.717) is 13.1 Å². The first-order valence-electron chi connectivity index (χ1n) is 8.48. The molecule has 6 nitrogen and oxygen atoms in total. The number of hydrogen-bond donors (Lipinski definition) is 0.